The standard InChI is InChI=1S/C10H12F4N2O/c1-17-9-3-2-6(4-7(9)11)8(16-15)5-10(12,13)14/h2-4,8,16H,5,15H2,1H3. The molecule has 1 unspecified atom stereocenters. The molecule has 0 saturated carbocycles. The summed E-state index contributed by atoms with van der Waals surface area (Å²) in [6.07, 6.45) is -5.55. The number of methoxy groups -OCH3 is 1. The number of benzene rings is 1. The van der Waals surface area contributed by atoms with Crippen molar-refractivity contribution < 1.29 is 22.3 Å². The average Bonchev–Trinajstić information content (AvgIpc) is 2.24. The number of nitrogens with two attached hydrogens (primary N) is 1. The summed E-state index contributed by atoms with van der Waals surface area (Å²) in [7, 11) is 1.27. The fraction of sp³-hybridized carbons (Fsp3) is 0.400. The number of ether oxygens (including phenoxy) is 1. The van der Waals surface area contributed by atoms with E-state index in [2.05, 4.69) is 4.74 Å². The van der Waals surface area contributed by atoms with Crippen molar-refractivity contribution in [2.24, 2.45) is 5.84 Å². The van der Waals surface area contributed by atoms with E-state index in [0.29, 0.717) is 0 Å². The molecule has 0 aliphatic heterocycles. The zero-order valence-corrected chi connectivity index (χ0v) is 9.01. The number of hydrogen-bond donors (Lipinski definition) is 2. The maximum Gasteiger partial charge on any atom is 0.390 e. The van der Waals surface area contributed by atoms with E-state index in [1.165, 1.54) is 19.2 Å². The maximum atomic E-state index is 13.3. The Bertz CT molecular complexity index is 381. The third kappa shape index (κ3) is 3.86. The normalized spacial score (nSPS) is 13.5. The van der Waals surface area contributed by atoms with Crippen LogP contribution in [0.3, 0.4) is 0 Å². The van der Waals surface area contributed by atoms with Crippen LogP contribution in [0.25, 0.3) is 0 Å². The van der Waals surface area contributed by atoms with Gasteiger partial charge < -0.3 is 4.74 Å². The van der Waals surface area contributed by atoms with Crippen LogP contribution in [0.5, 0.6) is 5.75 Å². The van der Waals surface area contributed by atoms with Crippen molar-refractivity contribution in [2.45, 2.75) is 18.6 Å². The third-order valence-electron chi connectivity index (χ3n) is 2.21. The topological polar surface area (TPSA) is 47.3 Å². The second kappa shape index (κ2) is 5.33. The number of rotatable bonds is 4. The van der Waals surface area contributed by atoms with Gasteiger partial charge in [-0.25, -0.2) is 4.39 Å². The lowest BCUT2D eigenvalue weighted by molar-refractivity contribution is -0.140. The van der Waals surface area contributed by atoms with E-state index in [9.17, 15) is 17.6 Å². The van der Waals surface area contributed by atoms with Crippen molar-refractivity contribution in [3.63, 3.8) is 0 Å². The fourth-order valence-corrected chi connectivity index (χ4v) is 1.40. The van der Waals surface area contributed by atoms with Gasteiger partial charge in [-0.05, 0) is 17.7 Å². The van der Waals surface area contributed by atoms with Gasteiger partial charge in [-0.15, -0.1) is 0 Å². The van der Waals surface area contributed by atoms with Crippen LogP contribution in [0.1, 0.15) is 18.0 Å². The lowest BCUT2D eigenvalue weighted by atomic mass is 10.0. The van der Waals surface area contributed by atoms with Gasteiger partial charge in [0.05, 0.1) is 19.6 Å². The first kappa shape index (κ1) is 13.7. The summed E-state index contributed by atoms with van der Waals surface area (Å²) in [5.74, 6) is 4.27. The van der Waals surface area contributed by atoms with Crippen LogP contribution >= 0.6 is 0 Å². The van der Waals surface area contributed by atoms with E-state index < -0.39 is 24.5 Å². The molecule has 0 aromatic heterocycles. The lowest BCUT2D eigenvalue weighted by Crippen LogP contribution is -2.31. The van der Waals surface area contributed by atoms with Gasteiger partial charge in [-0.3, -0.25) is 11.3 Å². The molecule has 0 radical (unpaired) electrons. The second-order valence-electron chi connectivity index (χ2n) is 3.43. The second-order valence-corrected chi connectivity index (χ2v) is 3.43. The fourth-order valence-electron chi connectivity index (χ4n) is 1.40. The molecule has 0 amide bonds. The lowest BCUT2D eigenvalue weighted by Gasteiger charge is -2.18. The Morgan fingerprint density at radius 1 is 1.41 bits per heavy atom. The number of halogens is 4. The zero-order valence-electron chi connectivity index (χ0n) is 9.01. The summed E-state index contributed by atoms with van der Waals surface area (Å²) >= 11 is 0. The van der Waals surface area contributed by atoms with Crippen molar-refractivity contribution in [1.29, 1.82) is 0 Å². The molecule has 3 nitrogen and oxygen atoms in total. The first-order valence-electron chi connectivity index (χ1n) is 4.73. The van der Waals surface area contributed by atoms with E-state index in [1.807, 2.05) is 5.43 Å². The SMILES string of the molecule is COc1ccc(C(CC(F)(F)F)NN)cc1F. The van der Waals surface area contributed by atoms with E-state index in [1.54, 1.807) is 0 Å². The minimum Gasteiger partial charge on any atom is -0.494 e. The van der Waals surface area contributed by atoms with Gasteiger partial charge in [-0.1, -0.05) is 6.07 Å². The van der Waals surface area contributed by atoms with E-state index in [4.69, 9.17) is 5.84 Å². The first-order chi connectivity index (χ1) is 7.87. The highest BCUT2D eigenvalue weighted by Gasteiger charge is 2.32. The monoisotopic (exact) mass is 252 g/mol. The molecule has 0 fully saturated rings. The van der Waals surface area contributed by atoms with Crippen LogP contribution in [0, 0.1) is 5.82 Å². The van der Waals surface area contributed by atoms with E-state index in [0.717, 1.165) is 6.07 Å². The van der Waals surface area contributed by atoms with Crippen molar-refractivity contribution in [3.05, 3.63) is 29.6 Å². The van der Waals surface area contributed by atoms with Gasteiger partial charge in [0, 0.05) is 0 Å². The van der Waals surface area contributed by atoms with Crippen molar-refractivity contribution >= 4 is 0 Å². The van der Waals surface area contributed by atoms with E-state index in [-0.39, 0.29) is 11.3 Å². The predicted octanol–water partition coefficient (Wildman–Crippen LogP) is 2.29. The molecule has 7 heteroatoms. The molecule has 1 rings (SSSR count). The van der Waals surface area contributed by atoms with Gasteiger partial charge in [0.15, 0.2) is 11.6 Å². The van der Waals surface area contributed by atoms with Crippen molar-refractivity contribution in [3.8, 4) is 5.75 Å². The van der Waals surface area contributed by atoms with Gasteiger partial charge in [0.25, 0.3) is 0 Å². The Hall–Kier alpha value is -1.34. The Morgan fingerprint density at radius 3 is 2.47 bits per heavy atom. The smallest absolute Gasteiger partial charge is 0.390 e. The molecule has 96 valence electrons. The van der Waals surface area contributed by atoms with Crippen LogP contribution in [0.2, 0.25) is 0 Å². The molecular formula is C10H12F4N2O. The highest BCUT2D eigenvalue weighted by molar-refractivity contribution is 5.31. The minimum absolute atomic E-state index is 0.0310. The highest BCUT2D eigenvalue weighted by atomic mass is 19.4. The summed E-state index contributed by atoms with van der Waals surface area (Å²) in [5, 5.41) is 0. The Kier molecular flexibility index (Phi) is 4.30. The number of hydrogen-bond acceptors (Lipinski definition) is 3. The number of nitrogens with one attached hydrogen (secondary N) is 1. The molecule has 0 heterocycles. The third-order valence-corrected chi connectivity index (χ3v) is 2.21. The van der Waals surface area contributed by atoms with Crippen molar-refractivity contribution in [2.75, 3.05) is 7.11 Å². The average molecular weight is 252 g/mol. The number of hydrazine groups is 1. The molecule has 1 aromatic rings. The molecule has 0 saturated heterocycles. The summed E-state index contributed by atoms with van der Waals surface area (Å²) in [6.45, 7) is 0. The van der Waals surface area contributed by atoms with Crippen LogP contribution in [0.4, 0.5) is 17.6 Å². The first-order valence-corrected chi connectivity index (χ1v) is 4.73. The Labute approximate surface area is 95.5 Å². The molecule has 0 spiro atoms. The Balaban J connectivity index is 2.93. The van der Waals surface area contributed by atoms with Gasteiger partial charge in [-0.2, -0.15) is 13.2 Å². The molecule has 3 N–H and O–H groups in total. The molecule has 0 bridgehead atoms. The number of alkyl halides is 3. The van der Waals surface area contributed by atoms with Crippen LogP contribution in [-0.4, -0.2) is 13.3 Å². The summed E-state index contributed by atoms with van der Waals surface area (Å²) in [4.78, 5) is 0. The van der Waals surface area contributed by atoms with Crippen molar-refractivity contribution in [1.82, 2.24) is 5.43 Å². The van der Waals surface area contributed by atoms with E-state index >= 15 is 0 Å². The van der Waals surface area contributed by atoms with Crippen LogP contribution in [0.15, 0.2) is 18.2 Å². The quantitative estimate of drug-likeness (QED) is 0.491. The molecule has 1 atom stereocenters. The highest BCUT2D eigenvalue weighted by Crippen LogP contribution is 2.30. The molecule has 0 aliphatic rings. The van der Waals surface area contributed by atoms with Gasteiger partial charge in [0.2, 0.25) is 0 Å². The molecule has 1 aromatic carbocycles. The summed E-state index contributed by atoms with van der Waals surface area (Å²) in [5.41, 5.74) is 2.13. The Morgan fingerprint density at radius 2 is 2.06 bits per heavy atom. The summed E-state index contributed by atoms with van der Waals surface area (Å²) in [6, 6.07) is 2.37. The zero-order chi connectivity index (χ0) is 13.1. The van der Waals surface area contributed by atoms with Gasteiger partial charge >= 0.3 is 6.18 Å². The van der Waals surface area contributed by atoms with Crippen LogP contribution in [-0.2, 0) is 0 Å². The maximum absolute atomic E-state index is 13.3. The minimum atomic E-state index is -4.38. The molecule has 17 heavy (non-hydrogen) atoms. The van der Waals surface area contributed by atoms with Gasteiger partial charge in [0.1, 0.15) is 0 Å². The van der Waals surface area contributed by atoms with Crippen LogP contribution < -0.4 is 16.0 Å². The molecular weight excluding hydrogens is 240 g/mol. The summed E-state index contributed by atoms with van der Waals surface area (Å²) < 4.78 is 54.6. The molecule has 0 aliphatic carbocycles. The largest absolute Gasteiger partial charge is 0.494 e. The predicted molar refractivity (Wildman–Crippen MR) is 53.7 cm³/mol.